The number of halogens is 1. The zero-order chi connectivity index (χ0) is 24.1. The van der Waals surface area contributed by atoms with E-state index in [-0.39, 0.29) is 19.0 Å². The number of hydrogen-bond acceptors (Lipinski definition) is 10. The van der Waals surface area contributed by atoms with Crippen molar-refractivity contribution in [1.82, 2.24) is 22.9 Å². The van der Waals surface area contributed by atoms with Crippen molar-refractivity contribution in [1.29, 1.82) is 0 Å². The summed E-state index contributed by atoms with van der Waals surface area (Å²) in [6.45, 7) is -0.910. The fraction of sp³-hybridized carbons (Fsp3) is 0.190. The molecule has 4 rings (SSSR count). The first-order chi connectivity index (χ1) is 16.4. The lowest BCUT2D eigenvalue weighted by atomic mass is 10.2. The van der Waals surface area contributed by atoms with Gasteiger partial charge in [0.1, 0.15) is 11.9 Å². The average Bonchev–Trinajstić information content (AvgIpc) is 3.34. The van der Waals surface area contributed by atoms with E-state index in [9.17, 15) is 14.7 Å². The number of aliphatic hydroxyl groups is 2. The van der Waals surface area contributed by atoms with E-state index in [4.69, 9.17) is 21.4 Å². The van der Waals surface area contributed by atoms with Gasteiger partial charge in [0.05, 0.1) is 37.5 Å². The zero-order valence-corrected chi connectivity index (χ0v) is 19.1. The Morgan fingerprint density at radius 2 is 1.82 bits per heavy atom. The van der Waals surface area contributed by atoms with Gasteiger partial charge in [0.2, 0.25) is 5.95 Å². The molecule has 176 valence electrons. The van der Waals surface area contributed by atoms with E-state index in [1.807, 2.05) is 0 Å². The number of aliphatic hydroxyl groups excluding tert-OH is 2. The molecule has 0 amide bonds. The summed E-state index contributed by atoms with van der Waals surface area (Å²) >= 11 is 6.98. The number of nitrogens with zero attached hydrogens (tertiary/aromatic N) is 5. The second-order valence-electron chi connectivity index (χ2n) is 7.16. The topological polar surface area (TPSA) is 144 Å². The Bertz CT molecular complexity index is 1360. The van der Waals surface area contributed by atoms with Crippen LogP contribution in [-0.2, 0) is 13.1 Å². The number of ether oxygens (including phenoxy) is 1. The van der Waals surface area contributed by atoms with Gasteiger partial charge >= 0.3 is 11.4 Å². The third kappa shape index (κ3) is 5.66. The Kier molecular flexibility index (Phi) is 7.33. The molecule has 0 saturated heterocycles. The van der Waals surface area contributed by atoms with Crippen LogP contribution in [0.1, 0.15) is 5.56 Å². The molecule has 0 saturated carbocycles. The largest absolute Gasteiger partial charge is 0.437 e. The van der Waals surface area contributed by atoms with Crippen molar-refractivity contribution >= 4 is 35.0 Å². The number of nitrogens with one attached hydrogen (secondary N) is 1. The lowest BCUT2D eigenvalue weighted by molar-refractivity contribution is 0.0785. The normalized spacial score (nSPS) is 11.9. The average molecular weight is 503 g/mol. The summed E-state index contributed by atoms with van der Waals surface area (Å²) in [5.41, 5.74) is -0.262. The summed E-state index contributed by atoms with van der Waals surface area (Å²) in [7, 11) is 0. The van der Waals surface area contributed by atoms with Crippen LogP contribution < -0.4 is 21.4 Å². The summed E-state index contributed by atoms with van der Waals surface area (Å²) in [6.07, 6.45) is 0.217. The summed E-state index contributed by atoms with van der Waals surface area (Å²) < 4.78 is 15.5. The highest BCUT2D eigenvalue weighted by Gasteiger charge is 2.16. The molecular weight excluding hydrogens is 484 g/mol. The van der Waals surface area contributed by atoms with Crippen molar-refractivity contribution in [3.8, 4) is 11.6 Å². The zero-order valence-electron chi connectivity index (χ0n) is 17.5. The Labute approximate surface area is 201 Å². The van der Waals surface area contributed by atoms with E-state index in [0.29, 0.717) is 22.3 Å². The van der Waals surface area contributed by atoms with Gasteiger partial charge in [-0.05, 0) is 42.0 Å². The predicted octanol–water partition coefficient (Wildman–Crippen LogP) is 1.85. The minimum atomic E-state index is -1.28. The van der Waals surface area contributed by atoms with Gasteiger partial charge in [0.15, 0.2) is 0 Å². The molecule has 1 unspecified atom stereocenters. The van der Waals surface area contributed by atoms with Crippen LogP contribution in [0.4, 0.5) is 11.6 Å². The second kappa shape index (κ2) is 10.6. The summed E-state index contributed by atoms with van der Waals surface area (Å²) in [4.78, 5) is 29.7. The smallest absolute Gasteiger partial charge is 0.355 e. The number of benzene rings is 2. The Morgan fingerprint density at radius 1 is 1.09 bits per heavy atom. The molecule has 0 aliphatic heterocycles. The first-order valence-electron chi connectivity index (χ1n) is 10.0. The highest BCUT2D eigenvalue weighted by atomic mass is 35.5. The number of rotatable bonds is 9. The highest BCUT2D eigenvalue weighted by Crippen LogP contribution is 2.23. The van der Waals surface area contributed by atoms with Gasteiger partial charge in [0, 0.05) is 10.7 Å². The molecule has 0 radical (unpaired) electrons. The van der Waals surface area contributed by atoms with E-state index in [2.05, 4.69) is 19.0 Å². The monoisotopic (exact) mass is 502 g/mol. The molecule has 4 aromatic rings. The number of aromatic nitrogens is 5. The molecule has 11 nitrogen and oxygen atoms in total. The van der Waals surface area contributed by atoms with Crippen molar-refractivity contribution in [2.45, 2.75) is 19.2 Å². The molecule has 0 spiro atoms. The maximum atomic E-state index is 13.2. The third-order valence-corrected chi connectivity index (χ3v) is 5.40. The lowest BCUT2D eigenvalue weighted by Gasteiger charge is -2.17. The Balaban J connectivity index is 1.66. The van der Waals surface area contributed by atoms with Crippen LogP contribution in [0, 0.1) is 0 Å². The molecule has 1 atom stereocenters. The molecular formula is C21H19ClN6O5S. The highest BCUT2D eigenvalue weighted by molar-refractivity contribution is 6.99. The van der Waals surface area contributed by atoms with E-state index < -0.39 is 24.1 Å². The van der Waals surface area contributed by atoms with Crippen LogP contribution in [0.5, 0.6) is 11.6 Å². The first kappa shape index (κ1) is 23.6. The Morgan fingerprint density at radius 3 is 2.47 bits per heavy atom. The van der Waals surface area contributed by atoms with Crippen LogP contribution in [0.15, 0.2) is 64.3 Å². The van der Waals surface area contributed by atoms with Crippen molar-refractivity contribution < 1.29 is 14.9 Å². The molecule has 2 aromatic carbocycles. The van der Waals surface area contributed by atoms with Crippen molar-refractivity contribution in [3.05, 3.63) is 86.3 Å². The summed E-state index contributed by atoms with van der Waals surface area (Å²) in [5, 5.41) is 22.4. The standard InChI is InChI=1S/C21H19ClN6O5S/c22-14-3-1-13(2-4-14)10-27-19(25-20(31)28(21(27)32)11-16(30)12-29)24-15-5-7-17(8-6-15)33-18-9-23-34-26-18/h1-9,16,29-30H,10-12H2,(H,24,25,31). The molecule has 0 aliphatic carbocycles. The van der Waals surface area contributed by atoms with Crippen LogP contribution in [0.2, 0.25) is 5.02 Å². The molecule has 0 bridgehead atoms. The van der Waals surface area contributed by atoms with Gasteiger partial charge in [-0.3, -0.25) is 4.57 Å². The van der Waals surface area contributed by atoms with E-state index in [0.717, 1.165) is 21.9 Å². The van der Waals surface area contributed by atoms with Crippen LogP contribution >= 0.6 is 23.3 Å². The fourth-order valence-electron chi connectivity index (χ4n) is 3.02. The minimum absolute atomic E-state index is 0.0112. The summed E-state index contributed by atoms with van der Waals surface area (Å²) in [6, 6.07) is 13.6. The molecule has 34 heavy (non-hydrogen) atoms. The van der Waals surface area contributed by atoms with Crippen LogP contribution in [0.3, 0.4) is 0 Å². The van der Waals surface area contributed by atoms with E-state index >= 15 is 0 Å². The first-order valence-corrected chi connectivity index (χ1v) is 11.1. The quantitative estimate of drug-likeness (QED) is 0.312. The molecule has 3 N–H and O–H groups in total. The number of hydrogen-bond donors (Lipinski definition) is 3. The maximum absolute atomic E-state index is 13.2. The lowest BCUT2D eigenvalue weighted by Crippen LogP contribution is -2.45. The Hall–Kier alpha value is -3.58. The van der Waals surface area contributed by atoms with Gasteiger partial charge in [-0.1, -0.05) is 23.7 Å². The molecule has 2 heterocycles. The minimum Gasteiger partial charge on any atom is -0.437 e. The third-order valence-electron chi connectivity index (χ3n) is 4.68. The predicted molar refractivity (Wildman–Crippen MR) is 126 cm³/mol. The van der Waals surface area contributed by atoms with Crippen molar-refractivity contribution in [2.24, 2.45) is 0 Å². The van der Waals surface area contributed by atoms with Gasteiger partial charge in [-0.15, -0.1) is 4.37 Å². The van der Waals surface area contributed by atoms with Crippen molar-refractivity contribution in [2.75, 3.05) is 11.9 Å². The van der Waals surface area contributed by atoms with Crippen LogP contribution in [0.25, 0.3) is 0 Å². The molecule has 2 aromatic heterocycles. The fourth-order valence-corrected chi connectivity index (χ4v) is 3.50. The van der Waals surface area contributed by atoms with Gasteiger partial charge in [-0.25, -0.2) is 14.2 Å². The second-order valence-corrected chi connectivity index (χ2v) is 8.15. The molecule has 13 heteroatoms. The van der Waals surface area contributed by atoms with Gasteiger partial charge < -0.3 is 20.3 Å². The molecule has 0 fully saturated rings. The van der Waals surface area contributed by atoms with Gasteiger partial charge in [-0.2, -0.15) is 9.36 Å². The molecule has 0 aliphatic rings. The van der Waals surface area contributed by atoms with Crippen LogP contribution in [-0.4, -0.2) is 45.8 Å². The maximum Gasteiger partial charge on any atom is 0.355 e. The SMILES string of the molecule is O=c1nc(Nc2ccc(Oc3cnsn3)cc2)n(Cc2ccc(Cl)cc2)c(=O)n1CC(O)CO. The van der Waals surface area contributed by atoms with E-state index in [1.165, 1.54) is 10.8 Å². The van der Waals surface area contributed by atoms with E-state index in [1.54, 1.807) is 48.5 Å². The number of anilines is 2. The van der Waals surface area contributed by atoms with Crippen molar-refractivity contribution in [3.63, 3.8) is 0 Å². The van der Waals surface area contributed by atoms with Gasteiger partial charge in [0.25, 0.3) is 5.88 Å². The summed E-state index contributed by atoms with van der Waals surface area (Å²) in [5.74, 6) is 0.910.